The molecular formula is C13H12BrCl2NO. The second kappa shape index (κ2) is 4.71. The number of rotatable bonds is 3. The fourth-order valence-electron chi connectivity index (χ4n) is 2.33. The molecule has 1 aliphatic carbocycles. The van der Waals surface area contributed by atoms with E-state index >= 15 is 0 Å². The van der Waals surface area contributed by atoms with E-state index in [1.54, 1.807) is 6.07 Å². The third kappa shape index (κ3) is 1.97. The lowest BCUT2D eigenvalue weighted by atomic mass is 10.1. The maximum Gasteiger partial charge on any atom is 0.154 e. The van der Waals surface area contributed by atoms with Gasteiger partial charge < -0.3 is 9.73 Å². The molecule has 1 heterocycles. The first-order valence-corrected chi connectivity index (χ1v) is 7.41. The van der Waals surface area contributed by atoms with E-state index in [0.717, 1.165) is 15.6 Å². The lowest BCUT2D eigenvalue weighted by Gasteiger charge is -2.02. The second-order valence-electron chi connectivity index (χ2n) is 4.60. The Balaban J connectivity index is 2.34. The van der Waals surface area contributed by atoms with Crippen LogP contribution in [0.1, 0.15) is 30.1 Å². The largest absolute Gasteiger partial charge is 0.458 e. The number of hydrogen-bond donors (Lipinski definition) is 1. The van der Waals surface area contributed by atoms with Crippen LogP contribution in [0.5, 0.6) is 0 Å². The van der Waals surface area contributed by atoms with Gasteiger partial charge in [0.1, 0.15) is 5.76 Å². The van der Waals surface area contributed by atoms with Gasteiger partial charge in [0, 0.05) is 15.4 Å². The zero-order chi connectivity index (χ0) is 12.9. The summed E-state index contributed by atoms with van der Waals surface area (Å²) < 4.78 is 6.73. The van der Waals surface area contributed by atoms with Crippen molar-refractivity contribution in [3.05, 3.63) is 31.9 Å². The molecule has 1 aliphatic rings. The second-order valence-corrected chi connectivity index (χ2v) is 6.24. The Kier molecular flexibility index (Phi) is 3.35. The van der Waals surface area contributed by atoms with Crippen LogP contribution in [-0.4, -0.2) is 7.05 Å². The van der Waals surface area contributed by atoms with Gasteiger partial charge in [0.15, 0.2) is 5.58 Å². The predicted octanol–water partition coefficient (Wildman–Crippen LogP) is 5.10. The number of benzene rings is 1. The molecular weight excluding hydrogens is 337 g/mol. The van der Waals surface area contributed by atoms with Crippen LogP contribution < -0.4 is 5.32 Å². The fraction of sp³-hybridized carbons (Fsp3) is 0.385. The monoisotopic (exact) mass is 347 g/mol. The van der Waals surface area contributed by atoms with Crippen molar-refractivity contribution in [2.45, 2.75) is 25.3 Å². The molecule has 0 amide bonds. The summed E-state index contributed by atoms with van der Waals surface area (Å²) >= 11 is 16.1. The quantitative estimate of drug-likeness (QED) is 0.780. The van der Waals surface area contributed by atoms with Crippen LogP contribution in [0.2, 0.25) is 10.0 Å². The number of halogens is 3. The van der Waals surface area contributed by atoms with E-state index < -0.39 is 0 Å². The van der Waals surface area contributed by atoms with Crippen molar-refractivity contribution in [2.75, 3.05) is 7.05 Å². The smallest absolute Gasteiger partial charge is 0.154 e. The highest BCUT2D eigenvalue weighted by molar-refractivity contribution is 9.10. The molecule has 1 aromatic carbocycles. The molecule has 1 saturated carbocycles. The maximum atomic E-state index is 6.40. The molecule has 1 aromatic heterocycles. The average Bonchev–Trinajstić information content (AvgIpc) is 3.09. The molecule has 2 aromatic rings. The summed E-state index contributed by atoms with van der Waals surface area (Å²) in [4.78, 5) is 0. The molecule has 96 valence electrons. The van der Waals surface area contributed by atoms with E-state index in [4.69, 9.17) is 27.6 Å². The minimum absolute atomic E-state index is 0.567. The van der Waals surface area contributed by atoms with Crippen molar-refractivity contribution in [3.63, 3.8) is 0 Å². The van der Waals surface area contributed by atoms with Crippen LogP contribution in [-0.2, 0) is 6.54 Å². The normalized spacial score (nSPS) is 15.6. The van der Waals surface area contributed by atoms with Gasteiger partial charge in [-0.1, -0.05) is 23.2 Å². The maximum absolute atomic E-state index is 6.40. The summed E-state index contributed by atoms with van der Waals surface area (Å²) in [5.74, 6) is 1.52. The summed E-state index contributed by atoms with van der Waals surface area (Å²) in [5, 5.41) is 5.40. The van der Waals surface area contributed by atoms with Crippen molar-refractivity contribution in [1.82, 2.24) is 5.32 Å². The number of nitrogens with one attached hydrogen (secondary N) is 1. The average molecular weight is 349 g/mol. The minimum Gasteiger partial charge on any atom is -0.458 e. The van der Waals surface area contributed by atoms with Gasteiger partial charge in [-0.05, 0) is 47.8 Å². The number of hydrogen-bond acceptors (Lipinski definition) is 2. The Hall–Kier alpha value is -0.220. The molecule has 1 fully saturated rings. The van der Waals surface area contributed by atoms with E-state index in [1.807, 2.05) is 7.05 Å². The highest BCUT2D eigenvalue weighted by atomic mass is 79.9. The molecule has 0 atom stereocenters. The van der Waals surface area contributed by atoms with Gasteiger partial charge in [-0.15, -0.1) is 0 Å². The zero-order valence-electron chi connectivity index (χ0n) is 9.82. The van der Waals surface area contributed by atoms with Crippen molar-refractivity contribution in [1.29, 1.82) is 0 Å². The van der Waals surface area contributed by atoms with E-state index in [1.165, 1.54) is 18.4 Å². The molecule has 2 nitrogen and oxygen atoms in total. The van der Waals surface area contributed by atoms with Gasteiger partial charge in [-0.2, -0.15) is 0 Å². The third-order valence-corrected chi connectivity index (χ3v) is 4.77. The SMILES string of the molecule is CNCc1oc2c(Cl)cc(Br)c(Cl)c2c1C1CC1. The predicted molar refractivity (Wildman–Crippen MR) is 78.7 cm³/mol. The molecule has 0 unspecified atom stereocenters. The third-order valence-electron chi connectivity index (χ3n) is 3.24. The van der Waals surface area contributed by atoms with Crippen molar-refractivity contribution in [3.8, 4) is 0 Å². The van der Waals surface area contributed by atoms with Gasteiger partial charge in [0.25, 0.3) is 0 Å². The summed E-state index contributed by atoms with van der Waals surface area (Å²) in [7, 11) is 1.91. The van der Waals surface area contributed by atoms with E-state index in [0.29, 0.717) is 28.1 Å². The van der Waals surface area contributed by atoms with Crippen molar-refractivity contribution < 1.29 is 4.42 Å². The highest BCUT2D eigenvalue weighted by Gasteiger charge is 2.32. The van der Waals surface area contributed by atoms with E-state index in [9.17, 15) is 0 Å². The molecule has 0 spiro atoms. The Bertz CT molecular complexity index is 619. The number of furan rings is 1. The first-order chi connectivity index (χ1) is 8.63. The molecule has 0 bridgehead atoms. The van der Waals surface area contributed by atoms with Crippen LogP contribution >= 0.6 is 39.1 Å². The first kappa shape index (κ1) is 12.8. The fourth-order valence-corrected chi connectivity index (χ4v) is 3.38. The highest BCUT2D eigenvalue weighted by Crippen LogP contribution is 2.50. The number of fused-ring (bicyclic) bond motifs is 1. The van der Waals surface area contributed by atoms with Gasteiger partial charge in [-0.25, -0.2) is 0 Å². The van der Waals surface area contributed by atoms with E-state index in [-0.39, 0.29) is 0 Å². The summed E-state index contributed by atoms with van der Waals surface area (Å²) in [6.07, 6.45) is 2.40. The van der Waals surface area contributed by atoms with Gasteiger partial charge in [0.05, 0.1) is 16.6 Å². The lowest BCUT2D eigenvalue weighted by molar-refractivity contribution is 0.524. The molecule has 0 aliphatic heterocycles. The van der Waals surface area contributed by atoms with Crippen LogP contribution in [0.3, 0.4) is 0 Å². The van der Waals surface area contributed by atoms with Crippen LogP contribution in [0.25, 0.3) is 11.0 Å². The van der Waals surface area contributed by atoms with Gasteiger partial charge >= 0.3 is 0 Å². The lowest BCUT2D eigenvalue weighted by Crippen LogP contribution is -2.05. The zero-order valence-corrected chi connectivity index (χ0v) is 12.9. The topological polar surface area (TPSA) is 25.2 Å². The molecule has 3 rings (SSSR count). The van der Waals surface area contributed by atoms with Gasteiger partial charge in [-0.3, -0.25) is 0 Å². The Morgan fingerprint density at radius 1 is 1.44 bits per heavy atom. The van der Waals surface area contributed by atoms with Crippen LogP contribution in [0, 0.1) is 0 Å². The Labute approximate surface area is 124 Å². The van der Waals surface area contributed by atoms with Crippen molar-refractivity contribution >= 4 is 50.1 Å². The van der Waals surface area contributed by atoms with E-state index in [2.05, 4.69) is 21.2 Å². The van der Waals surface area contributed by atoms with Crippen molar-refractivity contribution in [2.24, 2.45) is 0 Å². The molecule has 1 N–H and O–H groups in total. The molecule has 0 saturated heterocycles. The summed E-state index contributed by atoms with van der Waals surface area (Å²) in [6, 6.07) is 1.79. The van der Waals surface area contributed by atoms with Gasteiger partial charge in [0.2, 0.25) is 0 Å². The molecule has 18 heavy (non-hydrogen) atoms. The standard InChI is InChI=1S/C13H12BrCl2NO/c1-17-5-9-10(6-2-3-6)11-12(16)7(14)4-8(15)13(11)18-9/h4,6,17H,2-3,5H2,1H3. The minimum atomic E-state index is 0.567. The Morgan fingerprint density at radius 2 is 2.17 bits per heavy atom. The van der Waals surface area contributed by atoms with Crippen LogP contribution in [0.4, 0.5) is 0 Å². The molecule has 0 radical (unpaired) electrons. The summed E-state index contributed by atoms with van der Waals surface area (Å²) in [6.45, 7) is 0.699. The first-order valence-electron chi connectivity index (χ1n) is 5.86. The van der Waals surface area contributed by atoms with Crippen LogP contribution in [0.15, 0.2) is 15.0 Å². The summed E-state index contributed by atoms with van der Waals surface area (Å²) in [5.41, 5.74) is 1.93. The Morgan fingerprint density at radius 3 is 2.78 bits per heavy atom. The molecule has 5 heteroatoms.